The highest BCUT2D eigenvalue weighted by Gasteiger charge is 2.16. The number of hydrogen-bond donors (Lipinski definition) is 2. The minimum absolute atomic E-state index is 0.0811. The maximum Gasteiger partial charge on any atom is 0.304 e. The Balaban J connectivity index is 1.65. The van der Waals surface area contributed by atoms with Crippen molar-refractivity contribution in [2.45, 2.75) is 17.9 Å². The number of nitrogens with zero attached hydrogens (tertiary/aromatic N) is 2. The number of sulfone groups is 1. The summed E-state index contributed by atoms with van der Waals surface area (Å²) in [6.45, 7) is 0.160. The standard InChI is InChI=1S/C18H17N3O5S/c22-18(23)7-9-27(24,25)15-3-1-2-13(10-15)12-26-14-4-5-16(19-11-14)17-6-8-20-21-17/h1-6,8,10-11H,7,9,12H2,(H,20,21)(H,22,23). The molecule has 8 nitrogen and oxygen atoms in total. The Morgan fingerprint density at radius 3 is 2.70 bits per heavy atom. The van der Waals surface area contributed by atoms with Crippen molar-refractivity contribution in [1.29, 1.82) is 0 Å². The van der Waals surface area contributed by atoms with Gasteiger partial charge in [0.1, 0.15) is 12.4 Å². The first-order valence-electron chi connectivity index (χ1n) is 8.06. The van der Waals surface area contributed by atoms with E-state index in [4.69, 9.17) is 9.84 Å². The molecule has 0 amide bonds. The van der Waals surface area contributed by atoms with Gasteiger partial charge in [-0.1, -0.05) is 12.1 Å². The molecule has 0 atom stereocenters. The Hall–Kier alpha value is -3.20. The van der Waals surface area contributed by atoms with Crippen molar-refractivity contribution in [2.24, 2.45) is 0 Å². The molecule has 0 aliphatic rings. The summed E-state index contributed by atoms with van der Waals surface area (Å²) in [5.41, 5.74) is 2.18. The van der Waals surface area contributed by atoms with Gasteiger partial charge in [-0.3, -0.25) is 14.9 Å². The summed E-state index contributed by atoms with van der Waals surface area (Å²) in [5.74, 6) is -1.05. The highest BCUT2D eigenvalue weighted by Crippen LogP contribution is 2.19. The molecule has 0 saturated carbocycles. The van der Waals surface area contributed by atoms with Gasteiger partial charge in [0.15, 0.2) is 9.84 Å². The third-order valence-corrected chi connectivity index (χ3v) is 5.47. The van der Waals surface area contributed by atoms with Gasteiger partial charge in [-0.2, -0.15) is 5.10 Å². The number of nitrogens with one attached hydrogen (secondary N) is 1. The molecule has 1 aromatic carbocycles. The van der Waals surface area contributed by atoms with Crippen LogP contribution in [0, 0.1) is 0 Å². The quantitative estimate of drug-likeness (QED) is 0.608. The van der Waals surface area contributed by atoms with Crippen LogP contribution in [-0.2, 0) is 21.2 Å². The average molecular weight is 387 g/mol. The monoisotopic (exact) mass is 387 g/mol. The molecule has 0 aliphatic carbocycles. The van der Waals surface area contributed by atoms with E-state index in [1.54, 1.807) is 42.7 Å². The van der Waals surface area contributed by atoms with Gasteiger partial charge >= 0.3 is 5.97 Å². The summed E-state index contributed by atoms with van der Waals surface area (Å²) in [4.78, 5) is 15.0. The second-order valence-electron chi connectivity index (χ2n) is 5.75. The zero-order valence-corrected chi connectivity index (χ0v) is 15.0. The Morgan fingerprint density at radius 1 is 1.19 bits per heavy atom. The van der Waals surface area contributed by atoms with E-state index in [1.165, 1.54) is 12.1 Å². The molecule has 0 saturated heterocycles. The molecule has 0 unspecified atom stereocenters. The highest BCUT2D eigenvalue weighted by molar-refractivity contribution is 7.91. The van der Waals surface area contributed by atoms with E-state index in [0.717, 1.165) is 11.4 Å². The minimum atomic E-state index is -3.65. The van der Waals surface area contributed by atoms with E-state index in [2.05, 4.69) is 15.2 Å². The van der Waals surface area contributed by atoms with Gasteiger partial charge in [-0.15, -0.1) is 0 Å². The number of ether oxygens (including phenoxy) is 1. The van der Waals surface area contributed by atoms with Crippen molar-refractivity contribution in [3.05, 3.63) is 60.4 Å². The maximum absolute atomic E-state index is 12.2. The number of pyridine rings is 1. The van der Waals surface area contributed by atoms with Gasteiger partial charge in [-0.25, -0.2) is 8.42 Å². The Bertz CT molecular complexity index is 1020. The van der Waals surface area contributed by atoms with Crippen LogP contribution in [0.15, 0.2) is 59.8 Å². The van der Waals surface area contributed by atoms with E-state index in [0.29, 0.717) is 11.3 Å². The molecule has 0 spiro atoms. The highest BCUT2D eigenvalue weighted by atomic mass is 32.2. The van der Waals surface area contributed by atoms with Crippen LogP contribution in [0.3, 0.4) is 0 Å². The fourth-order valence-electron chi connectivity index (χ4n) is 2.36. The van der Waals surface area contributed by atoms with Crippen LogP contribution in [0.4, 0.5) is 0 Å². The molecule has 9 heteroatoms. The zero-order chi connectivity index (χ0) is 19.3. The molecule has 0 bridgehead atoms. The molecule has 2 aromatic heterocycles. The van der Waals surface area contributed by atoms with E-state index in [1.807, 2.05) is 0 Å². The third kappa shape index (κ3) is 4.91. The number of carbonyl (C=O) groups is 1. The number of aromatic nitrogens is 3. The maximum atomic E-state index is 12.2. The molecular formula is C18H17N3O5S. The molecule has 0 aliphatic heterocycles. The van der Waals surface area contributed by atoms with E-state index in [-0.39, 0.29) is 11.5 Å². The Labute approximate surface area is 155 Å². The predicted octanol–water partition coefficient (Wildman–Crippen LogP) is 2.30. The third-order valence-electron chi connectivity index (χ3n) is 3.76. The Morgan fingerprint density at radius 2 is 2.04 bits per heavy atom. The van der Waals surface area contributed by atoms with Gasteiger partial charge in [0.05, 0.1) is 34.7 Å². The second-order valence-corrected chi connectivity index (χ2v) is 7.86. The van der Waals surface area contributed by atoms with Crippen molar-refractivity contribution in [2.75, 3.05) is 5.75 Å². The number of H-pyrrole nitrogens is 1. The number of carboxylic acids is 1. The molecule has 27 heavy (non-hydrogen) atoms. The molecule has 0 radical (unpaired) electrons. The number of carboxylic acid groups (broad SMARTS) is 1. The Kier molecular flexibility index (Phi) is 5.51. The van der Waals surface area contributed by atoms with E-state index >= 15 is 0 Å². The van der Waals surface area contributed by atoms with Gasteiger partial charge < -0.3 is 9.84 Å². The van der Waals surface area contributed by atoms with Crippen molar-refractivity contribution in [1.82, 2.24) is 15.2 Å². The van der Waals surface area contributed by atoms with Gasteiger partial charge in [0, 0.05) is 6.20 Å². The smallest absolute Gasteiger partial charge is 0.304 e. The van der Waals surface area contributed by atoms with Crippen LogP contribution in [0.1, 0.15) is 12.0 Å². The molecule has 0 fully saturated rings. The minimum Gasteiger partial charge on any atom is -0.487 e. The van der Waals surface area contributed by atoms with Crippen LogP contribution >= 0.6 is 0 Å². The summed E-state index contributed by atoms with van der Waals surface area (Å²) in [5, 5.41) is 15.4. The van der Waals surface area contributed by atoms with Crippen LogP contribution < -0.4 is 4.74 Å². The van der Waals surface area contributed by atoms with Crippen molar-refractivity contribution in [3.8, 4) is 17.1 Å². The molecule has 3 aromatic rings. The summed E-state index contributed by atoms with van der Waals surface area (Å²) in [6.07, 6.45) is 2.78. The number of hydrogen-bond acceptors (Lipinski definition) is 6. The fraction of sp³-hybridized carbons (Fsp3) is 0.167. The SMILES string of the molecule is O=C(O)CCS(=O)(=O)c1cccc(COc2ccc(-c3ccn[nH]3)nc2)c1. The zero-order valence-electron chi connectivity index (χ0n) is 14.2. The van der Waals surface area contributed by atoms with E-state index < -0.39 is 28.0 Å². The van der Waals surface area contributed by atoms with E-state index in [9.17, 15) is 13.2 Å². The lowest BCUT2D eigenvalue weighted by molar-refractivity contribution is -0.136. The van der Waals surface area contributed by atoms with Crippen LogP contribution in [0.5, 0.6) is 5.75 Å². The number of aromatic amines is 1. The summed E-state index contributed by atoms with van der Waals surface area (Å²) in [6, 6.07) is 11.6. The van der Waals surface area contributed by atoms with Crippen molar-refractivity contribution in [3.63, 3.8) is 0 Å². The van der Waals surface area contributed by atoms with Crippen LogP contribution in [0.25, 0.3) is 11.4 Å². The fourth-order valence-corrected chi connectivity index (χ4v) is 3.65. The number of rotatable bonds is 8. The summed E-state index contributed by atoms with van der Waals surface area (Å²) >= 11 is 0. The van der Waals surface area contributed by atoms with Crippen LogP contribution in [-0.4, -0.2) is 40.4 Å². The molecule has 3 rings (SSSR count). The first-order chi connectivity index (χ1) is 12.9. The second kappa shape index (κ2) is 8.00. The van der Waals surface area contributed by atoms with Crippen molar-refractivity contribution < 1.29 is 23.1 Å². The molecule has 2 N–H and O–H groups in total. The van der Waals surface area contributed by atoms with Crippen molar-refractivity contribution >= 4 is 15.8 Å². The topological polar surface area (TPSA) is 122 Å². The lowest BCUT2D eigenvalue weighted by Gasteiger charge is -2.08. The largest absolute Gasteiger partial charge is 0.487 e. The predicted molar refractivity (Wildman–Crippen MR) is 96.9 cm³/mol. The first kappa shape index (κ1) is 18.6. The van der Waals surface area contributed by atoms with Gasteiger partial charge in [0.2, 0.25) is 0 Å². The van der Waals surface area contributed by atoms with Gasteiger partial charge in [0.25, 0.3) is 0 Å². The van der Waals surface area contributed by atoms with Crippen LogP contribution in [0.2, 0.25) is 0 Å². The molecular weight excluding hydrogens is 370 g/mol. The summed E-state index contributed by atoms with van der Waals surface area (Å²) < 4.78 is 30.0. The first-order valence-corrected chi connectivity index (χ1v) is 9.71. The lowest BCUT2D eigenvalue weighted by Crippen LogP contribution is -2.11. The van der Waals surface area contributed by atoms with Gasteiger partial charge in [-0.05, 0) is 35.9 Å². The lowest BCUT2D eigenvalue weighted by atomic mass is 10.2. The molecule has 2 heterocycles. The number of aliphatic carboxylic acids is 1. The average Bonchev–Trinajstić information content (AvgIpc) is 3.20. The summed E-state index contributed by atoms with van der Waals surface area (Å²) in [7, 11) is -3.65. The molecule has 140 valence electrons. The number of benzene rings is 1. The normalized spacial score (nSPS) is 11.3.